The van der Waals surface area contributed by atoms with Gasteiger partial charge in [0.1, 0.15) is 11.6 Å². The molecule has 0 aliphatic carbocycles. The van der Waals surface area contributed by atoms with Gasteiger partial charge in [0, 0.05) is 31.9 Å². The fourth-order valence-electron chi connectivity index (χ4n) is 3.56. The fourth-order valence-corrected chi connectivity index (χ4v) is 3.56. The van der Waals surface area contributed by atoms with E-state index in [2.05, 4.69) is 0 Å². The Morgan fingerprint density at radius 2 is 1.69 bits per heavy atom. The van der Waals surface area contributed by atoms with Crippen molar-refractivity contribution in [3.8, 4) is 0 Å². The summed E-state index contributed by atoms with van der Waals surface area (Å²) in [6.07, 6.45) is 0.0736. The van der Waals surface area contributed by atoms with Gasteiger partial charge in [-0.3, -0.25) is 4.90 Å². The highest BCUT2D eigenvalue weighted by Gasteiger charge is 2.33. The lowest BCUT2D eigenvalue weighted by atomic mass is 10.1. The highest BCUT2D eigenvalue weighted by molar-refractivity contribution is 5.98. The number of halogens is 2. The number of β-amino-alcohol motifs (C(OH)–C–C–N with tert-alkyl or cyclic N) is 1. The standard InChI is InChI=1S/C19H19F2N3O2/c20-13-1-4-15(5-2-13)23-9-10-24(17-6-3-14(21)11-18(17)23)19(26)22-8-7-16(25)12-22/h1-6,11,16,25H,7-10,12H2. The summed E-state index contributed by atoms with van der Waals surface area (Å²) in [7, 11) is 0. The molecule has 2 aliphatic heterocycles. The lowest BCUT2D eigenvalue weighted by Crippen LogP contribution is -2.48. The molecule has 0 bridgehead atoms. The summed E-state index contributed by atoms with van der Waals surface area (Å²) in [6, 6.07) is 10.1. The Bertz CT molecular complexity index is 828. The van der Waals surface area contributed by atoms with Crippen molar-refractivity contribution in [2.75, 3.05) is 36.0 Å². The van der Waals surface area contributed by atoms with E-state index in [0.29, 0.717) is 44.0 Å². The molecule has 1 unspecified atom stereocenters. The molecule has 0 spiro atoms. The van der Waals surface area contributed by atoms with Crippen LogP contribution in [0.3, 0.4) is 0 Å². The SMILES string of the molecule is O=C(N1CCC(O)C1)N1CCN(c2ccc(F)cc2)c2cc(F)ccc21. The number of fused-ring (bicyclic) bond motifs is 1. The van der Waals surface area contributed by atoms with Gasteiger partial charge in [0.15, 0.2) is 0 Å². The second-order valence-electron chi connectivity index (χ2n) is 6.58. The number of hydrogen-bond acceptors (Lipinski definition) is 3. The Balaban J connectivity index is 1.68. The Kier molecular flexibility index (Phi) is 4.24. The largest absolute Gasteiger partial charge is 0.391 e. The van der Waals surface area contributed by atoms with E-state index in [-0.39, 0.29) is 11.8 Å². The smallest absolute Gasteiger partial charge is 0.324 e. The quantitative estimate of drug-likeness (QED) is 0.851. The van der Waals surface area contributed by atoms with Crippen molar-refractivity contribution >= 4 is 23.1 Å². The van der Waals surface area contributed by atoms with E-state index in [0.717, 1.165) is 5.69 Å². The maximum atomic E-state index is 13.9. The molecule has 2 aliphatic rings. The van der Waals surface area contributed by atoms with Crippen molar-refractivity contribution < 1.29 is 18.7 Å². The molecule has 136 valence electrons. The summed E-state index contributed by atoms with van der Waals surface area (Å²) >= 11 is 0. The Morgan fingerprint density at radius 3 is 2.38 bits per heavy atom. The summed E-state index contributed by atoms with van der Waals surface area (Å²) in [6.45, 7) is 1.70. The number of nitrogens with zero attached hydrogens (tertiary/aromatic N) is 3. The normalized spacial score (nSPS) is 19.7. The van der Waals surface area contributed by atoms with Crippen LogP contribution in [0.15, 0.2) is 42.5 Å². The van der Waals surface area contributed by atoms with Gasteiger partial charge >= 0.3 is 6.03 Å². The third-order valence-corrected chi connectivity index (χ3v) is 4.87. The summed E-state index contributed by atoms with van der Waals surface area (Å²) in [5.74, 6) is -0.739. The first-order valence-electron chi connectivity index (χ1n) is 8.60. The van der Waals surface area contributed by atoms with E-state index >= 15 is 0 Å². The minimum Gasteiger partial charge on any atom is -0.391 e. The van der Waals surface area contributed by atoms with Crippen molar-refractivity contribution in [2.45, 2.75) is 12.5 Å². The molecule has 2 aromatic carbocycles. The van der Waals surface area contributed by atoms with Gasteiger partial charge in [0.05, 0.1) is 17.5 Å². The number of rotatable bonds is 1. The zero-order chi connectivity index (χ0) is 18.3. The molecule has 0 aromatic heterocycles. The van der Waals surface area contributed by atoms with Gasteiger partial charge in [-0.15, -0.1) is 0 Å². The number of carbonyl (C=O) groups is 1. The van der Waals surface area contributed by atoms with E-state index in [1.807, 2.05) is 4.90 Å². The third kappa shape index (κ3) is 2.99. The van der Waals surface area contributed by atoms with Gasteiger partial charge in [0.2, 0.25) is 0 Å². The Morgan fingerprint density at radius 1 is 0.962 bits per heavy atom. The highest BCUT2D eigenvalue weighted by Crippen LogP contribution is 2.38. The second-order valence-corrected chi connectivity index (χ2v) is 6.58. The van der Waals surface area contributed by atoms with Crippen LogP contribution in [-0.2, 0) is 0 Å². The van der Waals surface area contributed by atoms with Gasteiger partial charge in [-0.2, -0.15) is 0 Å². The molecule has 4 rings (SSSR count). The first kappa shape index (κ1) is 16.8. The second kappa shape index (κ2) is 6.57. The Hall–Kier alpha value is -2.67. The molecule has 0 radical (unpaired) electrons. The van der Waals surface area contributed by atoms with Crippen LogP contribution in [0.25, 0.3) is 0 Å². The zero-order valence-corrected chi connectivity index (χ0v) is 14.1. The van der Waals surface area contributed by atoms with Gasteiger partial charge in [0.25, 0.3) is 0 Å². The summed E-state index contributed by atoms with van der Waals surface area (Å²) in [5, 5.41) is 9.69. The van der Waals surface area contributed by atoms with Crippen LogP contribution in [0.5, 0.6) is 0 Å². The lowest BCUT2D eigenvalue weighted by Gasteiger charge is -2.39. The molecule has 1 saturated heterocycles. The zero-order valence-electron chi connectivity index (χ0n) is 14.1. The molecule has 7 heteroatoms. The van der Waals surface area contributed by atoms with Crippen LogP contribution in [-0.4, -0.2) is 48.3 Å². The summed E-state index contributed by atoms with van der Waals surface area (Å²) < 4.78 is 27.1. The van der Waals surface area contributed by atoms with Crippen molar-refractivity contribution in [1.29, 1.82) is 0 Å². The molecule has 5 nitrogen and oxygen atoms in total. The molecule has 1 fully saturated rings. The average molecular weight is 359 g/mol. The molecule has 0 saturated carbocycles. The first-order chi connectivity index (χ1) is 12.5. The van der Waals surface area contributed by atoms with E-state index in [9.17, 15) is 18.7 Å². The summed E-state index contributed by atoms with van der Waals surface area (Å²) in [5.41, 5.74) is 1.91. The molecular formula is C19H19F2N3O2. The van der Waals surface area contributed by atoms with Gasteiger partial charge < -0.3 is 14.9 Å². The number of anilines is 3. The van der Waals surface area contributed by atoms with E-state index < -0.39 is 11.9 Å². The predicted molar refractivity (Wildman–Crippen MR) is 94.7 cm³/mol. The van der Waals surface area contributed by atoms with E-state index in [1.165, 1.54) is 24.3 Å². The van der Waals surface area contributed by atoms with Crippen molar-refractivity contribution in [1.82, 2.24) is 4.90 Å². The van der Waals surface area contributed by atoms with Crippen LogP contribution in [0.4, 0.5) is 30.6 Å². The molecule has 1 atom stereocenters. The van der Waals surface area contributed by atoms with Crippen LogP contribution in [0, 0.1) is 11.6 Å². The number of amides is 2. The minimum atomic E-state index is -0.493. The fraction of sp³-hybridized carbons (Fsp3) is 0.316. The number of likely N-dealkylation sites (tertiary alicyclic amines) is 1. The summed E-state index contributed by atoms with van der Waals surface area (Å²) in [4.78, 5) is 18.0. The Labute approximate surface area is 150 Å². The molecule has 2 aromatic rings. The van der Waals surface area contributed by atoms with E-state index in [4.69, 9.17) is 0 Å². The van der Waals surface area contributed by atoms with Crippen molar-refractivity contribution in [2.24, 2.45) is 0 Å². The van der Waals surface area contributed by atoms with Crippen molar-refractivity contribution in [3.63, 3.8) is 0 Å². The minimum absolute atomic E-state index is 0.187. The topological polar surface area (TPSA) is 47.0 Å². The molecule has 26 heavy (non-hydrogen) atoms. The van der Waals surface area contributed by atoms with Crippen LogP contribution >= 0.6 is 0 Å². The molecule has 2 amide bonds. The third-order valence-electron chi connectivity index (χ3n) is 4.87. The van der Waals surface area contributed by atoms with Crippen LogP contribution in [0.1, 0.15) is 6.42 Å². The molecular weight excluding hydrogens is 340 g/mol. The van der Waals surface area contributed by atoms with Gasteiger partial charge in [-0.1, -0.05) is 0 Å². The predicted octanol–water partition coefficient (Wildman–Crippen LogP) is 3.11. The van der Waals surface area contributed by atoms with Crippen LogP contribution in [0.2, 0.25) is 0 Å². The van der Waals surface area contributed by atoms with E-state index in [1.54, 1.807) is 28.0 Å². The first-order valence-corrected chi connectivity index (χ1v) is 8.60. The lowest BCUT2D eigenvalue weighted by molar-refractivity contribution is 0.174. The number of urea groups is 1. The number of hydrogen-bond donors (Lipinski definition) is 1. The van der Waals surface area contributed by atoms with Crippen molar-refractivity contribution in [3.05, 3.63) is 54.1 Å². The van der Waals surface area contributed by atoms with Crippen LogP contribution < -0.4 is 9.80 Å². The monoisotopic (exact) mass is 359 g/mol. The highest BCUT2D eigenvalue weighted by atomic mass is 19.1. The average Bonchev–Trinajstić information content (AvgIpc) is 3.07. The van der Waals surface area contributed by atoms with Gasteiger partial charge in [-0.05, 0) is 48.9 Å². The molecule has 1 N–H and O–H groups in total. The van der Waals surface area contributed by atoms with Gasteiger partial charge in [-0.25, -0.2) is 13.6 Å². The molecule has 2 heterocycles. The maximum absolute atomic E-state index is 13.9. The number of carbonyl (C=O) groups excluding carboxylic acids is 1. The number of aliphatic hydroxyl groups is 1. The maximum Gasteiger partial charge on any atom is 0.324 e. The number of aliphatic hydroxyl groups excluding tert-OH is 1. The number of benzene rings is 2.